The largest absolute Gasteiger partial charge is 0.374 e. The summed E-state index contributed by atoms with van der Waals surface area (Å²) in [5.74, 6) is 3.26. The van der Waals surface area contributed by atoms with E-state index in [1.807, 2.05) is 20.0 Å². The first kappa shape index (κ1) is 15.0. The van der Waals surface area contributed by atoms with E-state index < -0.39 is 0 Å². The first-order valence-electron chi connectivity index (χ1n) is 7.54. The lowest BCUT2D eigenvalue weighted by molar-refractivity contribution is 0.128. The van der Waals surface area contributed by atoms with Crippen LogP contribution in [0.25, 0.3) is 0 Å². The number of rotatable bonds is 8. The van der Waals surface area contributed by atoms with Crippen LogP contribution in [0.4, 0.5) is 11.6 Å². The van der Waals surface area contributed by atoms with Crippen molar-refractivity contribution in [2.75, 3.05) is 30.4 Å². The zero-order valence-corrected chi connectivity index (χ0v) is 13.0. The molecule has 1 N–H and O–H groups in total. The first-order valence-corrected chi connectivity index (χ1v) is 7.54. The van der Waals surface area contributed by atoms with Gasteiger partial charge in [-0.05, 0) is 25.7 Å². The van der Waals surface area contributed by atoms with Gasteiger partial charge in [0, 0.05) is 32.3 Å². The fourth-order valence-electron chi connectivity index (χ4n) is 2.23. The average molecular weight is 278 g/mol. The number of hydrogen-bond donors (Lipinski definition) is 1. The normalized spacial score (nSPS) is 14.7. The van der Waals surface area contributed by atoms with Crippen molar-refractivity contribution in [1.82, 2.24) is 9.97 Å². The molecule has 2 rings (SSSR count). The zero-order valence-electron chi connectivity index (χ0n) is 13.0. The summed E-state index contributed by atoms with van der Waals surface area (Å²) in [6.07, 6.45) is 2.54. The molecule has 1 saturated carbocycles. The van der Waals surface area contributed by atoms with Crippen molar-refractivity contribution in [3.63, 3.8) is 0 Å². The highest BCUT2D eigenvalue weighted by Gasteiger charge is 2.30. The number of anilines is 2. The molecular formula is C15H26N4O. The van der Waals surface area contributed by atoms with Crippen LogP contribution in [-0.4, -0.2) is 36.2 Å². The van der Waals surface area contributed by atoms with Gasteiger partial charge in [-0.3, -0.25) is 0 Å². The van der Waals surface area contributed by atoms with E-state index in [4.69, 9.17) is 4.74 Å². The Balaban J connectivity index is 2.22. The molecule has 0 amide bonds. The molecule has 1 heterocycles. The molecule has 1 aliphatic rings. The van der Waals surface area contributed by atoms with Gasteiger partial charge >= 0.3 is 0 Å². The SMILES string of the molecule is CCOCc1nc(NC)cc(N(CC(C)C)C2CC2)n1. The summed E-state index contributed by atoms with van der Waals surface area (Å²) in [6.45, 7) is 8.67. The van der Waals surface area contributed by atoms with Crippen LogP contribution in [0.1, 0.15) is 39.4 Å². The van der Waals surface area contributed by atoms with E-state index in [0.717, 1.165) is 24.0 Å². The molecule has 1 aromatic rings. The fraction of sp³-hybridized carbons (Fsp3) is 0.733. The molecule has 0 aromatic carbocycles. The van der Waals surface area contributed by atoms with Crippen molar-refractivity contribution in [3.05, 3.63) is 11.9 Å². The molecule has 1 fully saturated rings. The molecule has 0 saturated heterocycles. The van der Waals surface area contributed by atoms with Crippen LogP contribution in [0.2, 0.25) is 0 Å². The summed E-state index contributed by atoms with van der Waals surface area (Å²) in [7, 11) is 1.89. The van der Waals surface area contributed by atoms with Crippen molar-refractivity contribution in [3.8, 4) is 0 Å². The monoisotopic (exact) mass is 278 g/mol. The standard InChI is InChI=1S/C15H26N4O/c1-5-20-10-14-17-13(16-4)8-15(18-14)19(9-11(2)3)12-6-7-12/h8,11-12H,5-7,9-10H2,1-4H3,(H,16,17,18). The maximum absolute atomic E-state index is 5.44. The predicted molar refractivity (Wildman–Crippen MR) is 82.1 cm³/mol. The second-order valence-corrected chi connectivity index (χ2v) is 5.69. The molecule has 0 radical (unpaired) electrons. The lowest BCUT2D eigenvalue weighted by Gasteiger charge is -2.26. The smallest absolute Gasteiger partial charge is 0.158 e. The second-order valence-electron chi connectivity index (χ2n) is 5.69. The van der Waals surface area contributed by atoms with Gasteiger partial charge in [0.15, 0.2) is 5.82 Å². The van der Waals surface area contributed by atoms with E-state index in [1.54, 1.807) is 0 Å². The van der Waals surface area contributed by atoms with Gasteiger partial charge in [-0.25, -0.2) is 9.97 Å². The maximum atomic E-state index is 5.44. The molecule has 112 valence electrons. The third kappa shape index (κ3) is 4.07. The Morgan fingerprint density at radius 3 is 2.70 bits per heavy atom. The molecule has 5 nitrogen and oxygen atoms in total. The minimum Gasteiger partial charge on any atom is -0.374 e. The third-order valence-corrected chi connectivity index (χ3v) is 3.29. The summed E-state index contributed by atoms with van der Waals surface area (Å²) in [4.78, 5) is 11.6. The van der Waals surface area contributed by atoms with Crippen LogP contribution in [0.5, 0.6) is 0 Å². The summed E-state index contributed by atoms with van der Waals surface area (Å²) in [6, 6.07) is 2.69. The van der Waals surface area contributed by atoms with Crippen LogP contribution < -0.4 is 10.2 Å². The number of nitrogens with one attached hydrogen (secondary N) is 1. The number of hydrogen-bond acceptors (Lipinski definition) is 5. The number of ether oxygens (including phenoxy) is 1. The Bertz CT molecular complexity index is 432. The minimum atomic E-state index is 0.471. The molecule has 1 aliphatic carbocycles. The summed E-state index contributed by atoms with van der Waals surface area (Å²) < 4.78 is 5.44. The van der Waals surface area contributed by atoms with Crippen molar-refractivity contribution >= 4 is 11.6 Å². The zero-order chi connectivity index (χ0) is 14.5. The quantitative estimate of drug-likeness (QED) is 0.792. The number of nitrogens with zero attached hydrogens (tertiary/aromatic N) is 3. The fourth-order valence-corrected chi connectivity index (χ4v) is 2.23. The topological polar surface area (TPSA) is 50.3 Å². The van der Waals surface area contributed by atoms with Gasteiger partial charge in [-0.15, -0.1) is 0 Å². The van der Waals surface area contributed by atoms with Gasteiger partial charge in [0.05, 0.1) is 0 Å². The summed E-state index contributed by atoms with van der Waals surface area (Å²) in [5.41, 5.74) is 0. The first-order chi connectivity index (χ1) is 9.63. The molecule has 0 unspecified atom stereocenters. The Morgan fingerprint density at radius 1 is 1.40 bits per heavy atom. The van der Waals surface area contributed by atoms with Crippen LogP contribution in [-0.2, 0) is 11.3 Å². The highest BCUT2D eigenvalue weighted by molar-refractivity contribution is 5.50. The lowest BCUT2D eigenvalue weighted by Crippen LogP contribution is -2.31. The van der Waals surface area contributed by atoms with Crippen LogP contribution in [0.15, 0.2) is 6.07 Å². The van der Waals surface area contributed by atoms with Gasteiger partial charge in [0.1, 0.15) is 18.2 Å². The van der Waals surface area contributed by atoms with Gasteiger partial charge < -0.3 is 15.0 Å². The lowest BCUT2D eigenvalue weighted by atomic mass is 10.2. The van der Waals surface area contributed by atoms with E-state index in [-0.39, 0.29) is 0 Å². The second kappa shape index (κ2) is 6.88. The van der Waals surface area contributed by atoms with Gasteiger partial charge in [-0.1, -0.05) is 13.8 Å². The molecule has 5 heteroatoms. The van der Waals surface area contributed by atoms with Crippen molar-refractivity contribution in [1.29, 1.82) is 0 Å². The molecule has 0 spiro atoms. The Kier molecular flexibility index (Phi) is 5.17. The van der Waals surface area contributed by atoms with Gasteiger partial charge in [0.25, 0.3) is 0 Å². The Morgan fingerprint density at radius 2 is 2.15 bits per heavy atom. The van der Waals surface area contributed by atoms with Crippen LogP contribution >= 0.6 is 0 Å². The Labute approximate surface area is 121 Å². The molecule has 0 aliphatic heterocycles. The van der Waals surface area contributed by atoms with E-state index in [2.05, 4.69) is 34.0 Å². The average Bonchev–Trinajstić information content (AvgIpc) is 3.26. The minimum absolute atomic E-state index is 0.471. The number of aromatic nitrogens is 2. The highest BCUT2D eigenvalue weighted by atomic mass is 16.5. The molecule has 0 atom stereocenters. The van der Waals surface area contributed by atoms with Crippen LogP contribution in [0.3, 0.4) is 0 Å². The molecule has 0 bridgehead atoms. The third-order valence-electron chi connectivity index (χ3n) is 3.29. The maximum Gasteiger partial charge on any atom is 0.158 e. The molecule has 1 aromatic heterocycles. The molecule has 20 heavy (non-hydrogen) atoms. The predicted octanol–water partition coefficient (Wildman–Crippen LogP) is 2.68. The van der Waals surface area contributed by atoms with E-state index in [0.29, 0.717) is 25.2 Å². The van der Waals surface area contributed by atoms with Crippen LogP contribution in [0, 0.1) is 5.92 Å². The Hall–Kier alpha value is -1.36. The van der Waals surface area contributed by atoms with Gasteiger partial charge in [0.2, 0.25) is 0 Å². The van der Waals surface area contributed by atoms with Crippen molar-refractivity contribution in [2.45, 2.75) is 46.3 Å². The van der Waals surface area contributed by atoms with Gasteiger partial charge in [-0.2, -0.15) is 0 Å². The van der Waals surface area contributed by atoms with E-state index in [1.165, 1.54) is 12.8 Å². The van der Waals surface area contributed by atoms with Crippen molar-refractivity contribution < 1.29 is 4.74 Å². The molecular weight excluding hydrogens is 252 g/mol. The summed E-state index contributed by atoms with van der Waals surface area (Å²) in [5, 5.41) is 3.12. The highest BCUT2D eigenvalue weighted by Crippen LogP contribution is 2.32. The van der Waals surface area contributed by atoms with E-state index >= 15 is 0 Å². The summed E-state index contributed by atoms with van der Waals surface area (Å²) >= 11 is 0. The van der Waals surface area contributed by atoms with Crippen molar-refractivity contribution in [2.24, 2.45) is 5.92 Å². The van der Waals surface area contributed by atoms with E-state index in [9.17, 15) is 0 Å².